The summed E-state index contributed by atoms with van der Waals surface area (Å²) >= 11 is 4.12. The first-order valence-corrected chi connectivity index (χ1v) is 7.37. The molecule has 0 aromatic rings. The van der Waals surface area contributed by atoms with Crippen LogP contribution in [0.3, 0.4) is 0 Å². The van der Waals surface area contributed by atoms with Crippen LogP contribution >= 0.6 is 12.6 Å². The predicted octanol–water partition coefficient (Wildman–Crippen LogP) is 5.67. The van der Waals surface area contributed by atoms with Gasteiger partial charge in [-0.05, 0) is 39.0 Å². The minimum absolute atomic E-state index is 0.841. The van der Waals surface area contributed by atoms with E-state index in [9.17, 15) is 0 Å². The molecule has 0 bridgehead atoms. The number of hydrogen-bond donors (Lipinski definition) is 1. The molecule has 0 rings (SSSR count). The summed E-state index contributed by atoms with van der Waals surface area (Å²) in [6.45, 7) is 2.05. The molecule has 0 aromatic carbocycles. The Morgan fingerprint density at radius 3 is 1.56 bits per heavy atom. The Balaban J connectivity index is 3.39. The standard InChI is InChI=1S/C17H26S/c1-2-3-4-5-6-7-8-9-10-11-12-13-14-15-16-17-18/h2-3,5-6,8-9,11-12,15-16,18H,4,7,10,13-14,17H2,1H3/b3-2-,6-5-,9-8-,12-11-,16-15+. The van der Waals surface area contributed by atoms with Crippen LogP contribution in [0.15, 0.2) is 60.8 Å². The highest BCUT2D eigenvalue weighted by Crippen LogP contribution is 1.97. The zero-order chi connectivity index (χ0) is 13.3. The van der Waals surface area contributed by atoms with Crippen LogP contribution in [-0.2, 0) is 0 Å². The second-order valence-corrected chi connectivity index (χ2v) is 4.29. The molecule has 0 nitrogen and oxygen atoms in total. The maximum Gasteiger partial charge on any atom is 0.00825 e. The summed E-state index contributed by atoms with van der Waals surface area (Å²) in [7, 11) is 0. The Hall–Kier alpha value is -0.950. The van der Waals surface area contributed by atoms with Gasteiger partial charge in [0.15, 0.2) is 0 Å². The zero-order valence-electron chi connectivity index (χ0n) is 11.5. The lowest BCUT2D eigenvalue weighted by atomic mass is 10.2. The van der Waals surface area contributed by atoms with Crippen LogP contribution in [0.1, 0.15) is 39.0 Å². The average molecular weight is 262 g/mol. The van der Waals surface area contributed by atoms with Gasteiger partial charge in [-0.25, -0.2) is 0 Å². The molecular weight excluding hydrogens is 236 g/mol. The highest BCUT2D eigenvalue weighted by Gasteiger charge is 1.76. The Morgan fingerprint density at radius 1 is 0.611 bits per heavy atom. The van der Waals surface area contributed by atoms with Gasteiger partial charge in [-0.2, -0.15) is 12.6 Å². The molecule has 0 aromatic heterocycles. The third-order valence-electron chi connectivity index (χ3n) is 2.32. The van der Waals surface area contributed by atoms with Gasteiger partial charge in [0, 0.05) is 5.75 Å². The van der Waals surface area contributed by atoms with E-state index in [1.165, 1.54) is 0 Å². The average Bonchev–Trinajstić information content (AvgIpc) is 2.39. The third-order valence-corrected chi connectivity index (χ3v) is 2.54. The van der Waals surface area contributed by atoms with E-state index >= 15 is 0 Å². The fraction of sp³-hybridized carbons (Fsp3) is 0.412. The number of unbranched alkanes of at least 4 members (excludes halogenated alkanes) is 1. The van der Waals surface area contributed by atoms with Crippen molar-refractivity contribution in [3.63, 3.8) is 0 Å². The maximum absolute atomic E-state index is 4.12. The number of hydrogen-bond acceptors (Lipinski definition) is 1. The Morgan fingerprint density at radius 2 is 1.06 bits per heavy atom. The summed E-state index contributed by atoms with van der Waals surface area (Å²) in [6.07, 6.45) is 27.2. The monoisotopic (exact) mass is 262 g/mol. The highest BCUT2D eigenvalue weighted by atomic mass is 32.1. The summed E-state index contributed by atoms with van der Waals surface area (Å²) < 4.78 is 0. The summed E-state index contributed by atoms with van der Waals surface area (Å²) in [4.78, 5) is 0. The van der Waals surface area contributed by atoms with Gasteiger partial charge in [0.1, 0.15) is 0 Å². The normalized spacial score (nSPS) is 13.2. The molecular formula is C17H26S. The first-order chi connectivity index (χ1) is 8.91. The predicted molar refractivity (Wildman–Crippen MR) is 88.3 cm³/mol. The van der Waals surface area contributed by atoms with Gasteiger partial charge < -0.3 is 0 Å². The molecule has 0 saturated heterocycles. The van der Waals surface area contributed by atoms with Crippen LogP contribution in [0.2, 0.25) is 0 Å². The minimum atomic E-state index is 0.841. The molecule has 1 heteroatoms. The van der Waals surface area contributed by atoms with Crippen molar-refractivity contribution in [2.24, 2.45) is 0 Å². The molecule has 0 fully saturated rings. The van der Waals surface area contributed by atoms with Gasteiger partial charge in [-0.3, -0.25) is 0 Å². The van der Waals surface area contributed by atoms with Gasteiger partial charge in [0.2, 0.25) is 0 Å². The van der Waals surface area contributed by atoms with Crippen molar-refractivity contribution in [3.8, 4) is 0 Å². The van der Waals surface area contributed by atoms with Crippen molar-refractivity contribution in [3.05, 3.63) is 60.8 Å². The topological polar surface area (TPSA) is 0 Å². The molecule has 0 unspecified atom stereocenters. The van der Waals surface area contributed by atoms with Gasteiger partial charge in [0.05, 0.1) is 0 Å². The van der Waals surface area contributed by atoms with Crippen molar-refractivity contribution in [2.45, 2.75) is 39.0 Å². The summed E-state index contributed by atoms with van der Waals surface area (Å²) in [5.74, 6) is 0.841. The summed E-state index contributed by atoms with van der Waals surface area (Å²) in [5.41, 5.74) is 0. The maximum atomic E-state index is 4.12. The third kappa shape index (κ3) is 15.0. The molecule has 0 radical (unpaired) electrons. The number of allylic oxidation sites excluding steroid dienone is 9. The van der Waals surface area contributed by atoms with E-state index in [0.29, 0.717) is 0 Å². The van der Waals surface area contributed by atoms with Crippen molar-refractivity contribution < 1.29 is 0 Å². The lowest BCUT2D eigenvalue weighted by Crippen LogP contribution is -1.67. The van der Waals surface area contributed by atoms with Crippen molar-refractivity contribution in [1.29, 1.82) is 0 Å². The fourth-order valence-electron chi connectivity index (χ4n) is 1.36. The molecule has 0 spiro atoms. The van der Waals surface area contributed by atoms with E-state index in [2.05, 4.69) is 73.4 Å². The minimum Gasteiger partial charge on any atom is -0.175 e. The van der Waals surface area contributed by atoms with E-state index in [-0.39, 0.29) is 0 Å². The number of rotatable bonds is 10. The highest BCUT2D eigenvalue weighted by molar-refractivity contribution is 7.80. The van der Waals surface area contributed by atoms with Crippen LogP contribution < -0.4 is 0 Å². The summed E-state index contributed by atoms with van der Waals surface area (Å²) in [6, 6.07) is 0. The molecule has 0 heterocycles. The molecule has 0 aliphatic heterocycles. The first kappa shape index (κ1) is 17.1. The van der Waals surface area contributed by atoms with E-state index in [4.69, 9.17) is 0 Å². The fourth-order valence-corrected chi connectivity index (χ4v) is 1.50. The van der Waals surface area contributed by atoms with Crippen LogP contribution in [0.5, 0.6) is 0 Å². The quantitative estimate of drug-likeness (QED) is 0.293. The van der Waals surface area contributed by atoms with Gasteiger partial charge >= 0.3 is 0 Å². The molecule has 0 aliphatic rings. The van der Waals surface area contributed by atoms with Crippen LogP contribution in [0.25, 0.3) is 0 Å². The zero-order valence-corrected chi connectivity index (χ0v) is 12.4. The molecule has 0 atom stereocenters. The summed E-state index contributed by atoms with van der Waals surface area (Å²) in [5, 5.41) is 0. The van der Waals surface area contributed by atoms with Crippen molar-refractivity contribution >= 4 is 12.6 Å². The molecule has 100 valence electrons. The van der Waals surface area contributed by atoms with Gasteiger partial charge in [0.25, 0.3) is 0 Å². The van der Waals surface area contributed by atoms with Gasteiger partial charge in [-0.15, -0.1) is 0 Å². The van der Waals surface area contributed by atoms with Crippen LogP contribution in [0, 0.1) is 0 Å². The lowest BCUT2D eigenvalue weighted by Gasteiger charge is -1.86. The molecule has 0 aliphatic carbocycles. The lowest BCUT2D eigenvalue weighted by molar-refractivity contribution is 1.04. The van der Waals surface area contributed by atoms with E-state index in [0.717, 1.165) is 37.9 Å². The van der Waals surface area contributed by atoms with Crippen molar-refractivity contribution in [2.75, 3.05) is 5.75 Å². The second-order valence-electron chi connectivity index (χ2n) is 3.92. The SMILES string of the molecule is C/C=C\C/C=C\C/C=C\C/C=C\CC/C=C/CS. The largest absolute Gasteiger partial charge is 0.175 e. The molecule has 18 heavy (non-hydrogen) atoms. The smallest absolute Gasteiger partial charge is 0.00825 e. The molecule has 0 N–H and O–H groups in total. The molecule has 0 amide bonds. The van der Waals surface area contributed by atoms with Crippen molar-refractivity contribution in [1.82, 2.24) is 0 Å². The Kier molecular flexibility index (Phi) is 15.2. The Bertz CT molecular complexity index is 293. The van der Waals surface area contributed by atoms with E-state index in [1.54, 1.807) is 0 Å². The van der Waals surface area contributed by atoms with Crippen LogP contribution in [0.4, 0.5) is 0 Å². The van der Waals surface area contributed by atoms with E-state index < -0.39 is 0 Å². The van der Waals surface area contributed by atoms with E-state index in [1.807, 2.05) is 6.92 Å². The first-order valence-electron chi connectivity index (χ1n) is 6.73. The van der Waals surface area contributed by atoms with Crippen LogP contribution in [-0.4, -0.2) is 5.75 Å². The van der Waals surface area contributed by atoms with Gasteiger partial charge in [-0.1, -0.05) is 60.8 Å². The number of thiol groups is 1. The molecule has 0 saturated carbocycles. The Labute approximate surface area is 118 Å². The second kappa shape index (κ2) is 16.1.